The zero-order chi connectivity index (χ0) is 39.2. The second-order valence-electron chi connectivity index (χ2n) is 19.9. The Kier molecular flexibility index (Phi) is 17.7. The molecule has 2 N–H and O–H groups in total. The van der Waals surface area contributed by atoms with Crippen LogP contribution in [0.3, 0.4) is 0 Å². The summed E-state index contributed by atoms with van der Waals surface area (Å²) < 4.78 is 20.1. The molecule has 6 atom stereocenters. The van der Waals surface area contributed by atoms with Crippen LogP contribution in [0.2, 0.25) is 54.4 Å². The van der Waals surface area contributed by atoms with Crippen molar-refractivity contribution in [2.24, 2.45) is 17.3 Å². The van der Waals surface area contributed by atoms with Gasteiger partial charge in [0.15, 0.2) is 25.0 Å². The van der Waals surface area contributed by atoms with Crippen LogP contribution in [-0.4, -0.2) is 71.3 Å². The average Bonchev–Trinajstić information content (AvgIpc) is 2.89. The van der Waals surface area contributed by atoms with Crippen LogP contribution in [0.4, 0.5) is 0 Å². The number of ketones is 1. The Morgan fingerprint density at radius 1 is 0.694 bits per heavy atom. The molecule has 0 aromatic carbocycles. The molecule has 0 aliphatic carbocycles. The molecule has 0 rings (SSSR count). The topological polar surface area (TPSA) is 102 Å². The van der Waals surface area contributed by atoms with E-state index in [1.807, 2.05) is 27.7 Å². The van der Waals surface area contributed by atoms with Crippen molar-refractivity contribution in [3.63, 3.8) is 0 Å². The first-order valence-corrected chi connectivity index (χ1v) is 27.5. The summed E-state index contributed by atoms with van der Waals surface area (Å²) in [6.45, 7) is 42.6. The standard InChI is InChI=1S/C39H80O7Si3/c1-28(25-23-21-22-24-26-31(40)30(3)44-47(15,16)36(4,5)6)34(46-49(19,20)38(10,11)12)29(2)35(43)39(13,14)32(27-33(41)42)45-48(17,18)37(7,8)9/h22,24,28-32,34,40H,21,23,25-27H2,1-20H3,(H,41,42)/b24-22-/t28-,29+,30-,31-,32-,34+/m0/s1. The molecule has 0 aliphatic rings. The molecule has 0 saturated heterocycles. The molecule has 0 amide bonds. The maximum Gasteiger partial charge on any atom is 0.305 e. The first kappa shape index (κ1) is 48.4. The first-order chi connectivity index (χ1) is 21.6. The number of aliphatic hydroxyl groups excluding tert-OH is 1. The molecular weight excluding hydrogens is 665 g/mol. The molecule has 0 saturated carbocycles. The number of hydrogen-bond donors (Lipinski definition) is 2. The summed E-state index contributed by atoms with van der Waals surface area (Å²) in [6.07, 6.45) is 5.42. The minimum absolute atomic E-state index is 0.00376. The highest BCUT2D eigenvalue weighted by molar-refractivity contribution is 6.75. The van der Waals surface area contributed by atoms with Crippen molar-refractivity contribution in [3.8, 4) is 0 Å². The largest absolute Gasteiger partial charge is 0.481 e. The molecular formula is C39H80O7Si3. The fraction of sp³-hybridized carbons (Fsp3) is 0.897. The van der Waals surface area contributed by atoms with Gasteiger partial charge in [-0.1, -0.05) is 102 Å². The number of rotatable bonds is 20. The van der Waals surface area contributed by atoms with Gasteiger partial charge in [0.2, 0.25) is 0 Å². The number of carboxylic acid groups (broad SMARTS) is 1. The van der Waals surface area contributed by atoms with Crippen LogP contribution in [0.1, 0.15) is 129 Å². The normalized spacial score (nSPS) is 18.2. The SMILES string of the molecule is C[C@H](O[Si](C)(C)C(C)(C)C)[C@@H](O)C/C=C\CCC[C@H](C)[C@@H](O[Si](C)(C)C(C)(C)C)[C@@H](C)C(=O)C(C)(C)[C@H](CC(=O)O)O[Si](C)(C)C(C)(C)C. The number of hydrogen-bond acceptors (Lipinski definition) is 6. The van der Waals surface area contributed by atoms with Gasteiger partial charge in [-0.15, -0.1) is 0 Å². The highest BCUT2D eigenvalue weighted by Gasteiger charge is 2.50. The molecule has 49 heavy (non-hydrogen) atoms. The molecule has 0 aliphatic heterocycles. The zero-order valence-electron chi connectivity index (χ0n) is 35.6. The predicted octanol–water partition coefficient (Wildman–Crippen LogP) is 11.0. The van der Waals surface area contributed by atoms with E-state index in [2.05, 4.69) is 121 Å². The number of unbranched alkanes of at least 4 members (excludes halogenated alkanes) is 1. The number of aliphatic carboxylic acids is 1. The molecule has 290 valence electrons. The molecule has 0 aromatic rings. The van der Waals surface area contributed by atoms with Crippen molar-refractivity contribution in [2.45, 2.75) is 208 Å². The molecule has 0 heterocycles. The summed E-state index contributed by atoms with van der Waals surface area (Å²) in [5, 5.41) is 20.6. The maximum atomic E-state index is 14.5. The Morgan fingerprint density at radius 3 is 1.55 bits per heavy atom. The Morgan fingerprint density at radius 2 is 1.12 bits per heavy atom. The van der Waals surface area contributed by atoms with Gasteiger partial charge >= 0.3 is 5.97 Å². The fourth-order valence-corrected chi connectivity index (χ4v) is 9.60. The van der Waals surface area contributed by atoms with Gasteiger partial charge in [0.05, 0.1) is 30.8 Å². The minimum atomic E-state index is -2.37. The van der Waals surface area contributed by atoms with Gasteiger partial charge in [-0.3, -0.25) is 9.59 Å². The monoisotopic (exact) mass is 745 g/mol. The Hall–Kier alpha value is -0.629. The molecule has 0 spiro atoms. The molecule has 7 nitrogen and oxygen atoms in total. The quantitative estimate of drug-likeness (QED) is 0.0727. The summed E-state index contributed by atoms with van der Waals surface area (Å²) in [5.41, 5.74) is -1.02. The van der Waals surface area contributed by atoms with E-state index in [0.29, 0.717) is 6.42 Å². The van der Waals surface area contributed by atoms with Crippen LogP contribution in [0.15, 0.2) is 12.2 Å². The summed E-state index contributed by atoms with van der Waals surface area (Å²) in [5.74, 6) is -1.29. The van der Waals surface area contributed by atoms with Gasteiger partial charge in [0.1, 0.15) is 5.78 Å². The molecule has 0 fully saturated rings. The van der Waals surface area contributed by atoms with Gasteiger partial charge in [-0.05, 0) is 92.9 Å². The lowest BCUT2D eigenvalue weighted by atomic mass is 9.73. The average molecular weight is 745 g/mol. The lowest BCUT2D eigenvalue weighted by Gasteiger charge is -2.46. The van der Waals surface area contributed by atoms with Crippen molar-refractivity contribution in [3.05, 3.63) is 12.2 Å². The number of carbonyl (C=O) groups excluding carboxylic acids is 1. The van der Waals surface area contributed by atoms with Crippen molar-refractivity contribution >= 4 is 36.7 Å². The zero-order valence-corrected chi connectivity index (χ0v) is 38.6. The third kappa shape index (κ3) is 14.4. The van der Waals surface area contributed by atoms with E-state index in [1.165, 1.54) is 0 Å². The van der Waals surface area contributed by atoms with Crippen LogP contribution >= 0.6 is 0 Å². The molecule has 0 radical (unpaired) electrons. The summed E-state index contributed by atoms with van der Waals surface area (Å²) in [4.78, 5) is 26.6. The third-order valence-corrected chi connectivity index (χ3v) is 25.7. The molecule has 0 aromatic heterocycles. The second-order valence-corrected chi connectivity index (χ2v) is 34.2. The number of allylic oxidation sites excluding steroid dienone is 1. The van der Waals surface area contributed by atoms with Gasteiger partial charge in [0, 0.05) is 11.3 Å². The van der Waals surface area contributed by atoms with E-state index in [-0.39, 0.29) is 45.4 Å². The van der Waals surface area contributed by atoms with E-state index >= 15 is 0 Å². The van der Waals surface area contributed by atoms with Gasteiger partial charge in [-0.25, -0.2) is 0 Å². The summed E-state index contributed by atoms with van der Waals surface area (Å²) in [7, 11) is -6.57. The van der Waals surface area contributed by atoms with Crippen molar-refractivity contribution in [1.82, 2.24) is 0 Å². The summed E-state index contributed by atoms with van der Waals surface area (Å²) in [6, 6.07) is 0. The van der Waals surface area contributed by atoms with E-state index in [1.54, 1.807) is 0 Å². The lowest BCUT2D eigenvalue weighted by molar-refractivity contribution is -0.146. The highest BCUT2D eigenvalue weighted by atomic mass is 28.4. The second kappa shape index (κ2) is 17.9. The number of aliphatic hydroxyl groups is 1. The van der Waals surface area contributed by atoms with Crippen LogP contribution in [0.5, 0.6) is 0 Å². The number of Topliss-reactive ketones (excluding diaryl/α,β-unsaturated/α-hetero) is 1. The smallest absolute Gasteiger partial charge is 0.305 e. The van der Waals surface area contributed by atoms with E-state index in [9.17, 15) is 19.8 Å². The van der Waals surface area contributed by atoms with E-state index in [4.69, 9.17) is 13.3 Å². The molecule has 10 heteroatoms. The van der Waals surface area contributed by atoms with E-state index < -0.39 is 54.5 Å². The maximum absolute atomic E-state index is 14.5. The van der Waals surface area contributed by atoms with Gasteiger partial charge < -0.3 is 23.5 Å². The Balaban J connectivity index is 5.96. The van der Waals surface area contributed by atoms with Gasteiger partial charge in [-0.2, -0.15) is 0 Å². The fourth-order valence-electron chi connectivity index (χ4n) is 5.24. The third-order valence-electron chi connectivity index (χ3n) is 12.2. The van der Waals surface area contributed by atoms with Crippen LogP contribution in [0, 0.1) is 17.3 Å². The molecule has 0 bridgehead atoms. The van der Waals surface area contributed by atoms with Crippen molar-refractivity contribution in [1.29, 1.82) is 0 Å². The van der Waals surface area contributed by atoms with E-state index in [0.717, 1.165) is 19.3 Å². The Labute approximate surface area is 306 Å². The lowest BCUT2D eigenvalue weighted by Crippen LogP contribution is -2.54. The molecule has 0 unspecified atom stereocenters. The van der Waals surface area contributed by atoms with Crippen LogP contribution in [0.25, 0.3) is 0 Å². The highest BCUT2D eigenvalue weighted by Crippen LogP contribution is 2.44. The van der Waals surface area contributed by atoms with Crippen molar-refractivity contribution in [2.75, 3.05) is 0 Å². The minimum Gasteiger partial charge on any atom is -0.481 e. The van der Waals surface area contributed by atoms with Gasteiger partial charge in [0.25, 0.3) is 0 Å². The first-order valence-electron chi connectivity index (χ1n) is 18.7. The Bertz CT molecular complexity index is 1080. The predicted molar refractivity (Wildman–Crippen MR) is 215 cm³/mol. The number of carbonyl (C=O) groups is 2. The summed E-state index contributed by atoms with van der Waals surface area (Å²) >= 11 is 0. The number of carboxylic acids is 1. The van der Waals surface area contributed by atoms with Crippen LogP contribution in [-0.2, 0) is 22.9 Å². The van der Waals surface area contributed by atoms with Crippen molar-refractivity contribution < 1.29 is 33.1 Å². The van der Waals surface area contributed by atoms with Crippen LogP contribution < -0.4 is 0 Å².